The minimum Gasteiger partial charge on any atom is -0.310 e. The molecule has 0 aromatic carbocycles. The molecule has 0 unspecified atom stereocenters. The van der Waals surface area contributed by atoms with Crippen molar-refractivity contribution in [2.75, 3.05) is 5.75 Å². The van der Waals surface area contributed by atoms with Gasteiger partial charge >= 0.3 is 0 Å². The molecule has 1 aromatic rings. The van der Waals surface area contributed by atoms with Crippen LogP contribution in [0.25, 0.3) is 0 Å². The molecule has 0 radical (unpaired) electrons. The van der Waals surface area contributed by atoms with Crippen molar-refractivity contribution in [1.29, 1.82) is 0 Å². The Kier molecular flexibility index (Phi) is 2.91. The monoisotopic (exact) mass is 210 g/mol. The number of thioether (sulfide) groups is 1. The molecule has 4 heteroatoms. The minimum absolute atomic E-state index is 0.00592. The van der Waals surface area contributed by atoms with Gasteiger partial charge in [-0.3, -0.25) is 4.79 Å². The summed E-state index contributed by atoms with van der Waals surface area (Å²) in [5.41, 5.74) is 0.981. The predicted octanol–water partition coefficient (Wildman–Crippen LogP) is 1.90. The topological polar surface area (TPSA) is 45.8 Å². The average molecular weight is 210 g/mol. The zero-order valence-corrected chi connectivity index (χ0v) is 9.06. The standard InChI is InChI=1S/C10H14N2OS/c1-2-14-6-9-11-8(7-3-4-7)5-10(13)12-9/h5,7H,2-4,6H2,1H3,(H,11,12,13). The van der Waals surface area contributed by atoms with Crippen molar-refractivity contribution in [3.8, 4) is 0 Å². The Hall–Kier alpha value is -0.770. The predicted molar refractivity (Wildman–Crippen MR) is 58.7 cm³/mol. The summed E-state index contributed by atoms with van der Waals surface area (Å²) in [6.07, 6.45) is 2.38. The number of hydrogen-bond acceptors (Lipinski definition) is 3. The van der Waals surface area contributed by atoms with E-state index in [-0.39, 0.29) is 5.56 Å². The molecule has 0 bridgehead atoms. The second kappa shape index (κ2) is 4.17. The molecule has 1 heterocycles. The Bertz CT molecular complexity index is 371. The first kappa shape index (κ1) is 9.77. The van der Waals surface area contributed by atoms with E-state index < -0.39 is 0 Å². The lowest BCUT2D eigenvalue weighted by atomic mass is 10.3. The number of aromatic nitrogens is 2. The molecule has 0 saturated heterocycles. The van der Waals surface area contributed by atoms with Crippen LogP contribution in [0.2, 0.25) is 0 Å². The van der Waals surface area contributed by atoms with Crippen LogP contribution < -0.4 is 5.56 Å². The average Bonchev–Trinajstić information content (AvgIpc) is 2.97. The smallest absolute Gasteiger partial charge is 0.251 e. The molecule has 1 N–H and O–H groups in total. The fraction of sp³-hybridized carbons (Fsp3) is 0.600. The lowest BCUT2D eigenvalue weighted by Gasteiger charge is -2.01. The molecule has 1 aromatic heterocycles. The van der Waals surface area contributed by atoms with Crippen molar-refractivity contribution in [3.05, 3.63) is 27.9 Å². The van der Waals surface area contributed by atoms with Gasteiger partial charge in [0.1, 0.15) is 5.82 Å². The normalized spacial score (nSPS) is 15.8. The number of H-pyrrole nitrogens is 1. The van der Waals surface area contributed by atoms with E-state index in [9.17, 15) is 4.79 Å². The van der Waals surface area contributed by atoms with Gasteiger partial charge in [-0.05, 0) is 18.6 Å². The molecule has 2 rings (SSSR count). The first-order valence-corrected chi connectivity index (χ1v) is 6.13. The zero-order chi connectivity index (χ0) is 9.97. The summed E-state index contributed by atoms with van der Waals surface area (Å²) in [5.74, 6) is 3.25. The highest BCUT2D eigenvalue weighted by molar-refractivity contribution is 7.98. The lowest BCUT2D eigenvalue weighted by molar-refractivity contribution is 0.913. The number of aromatic amines is 1. The zero-order valence-electron chi connectivity index (χ0n) is 8.25. The van der Waals surface area contributed by atoms with Crippen molar-refractivity contribution in [2.24, 2.45) is 0 Å². The Morgan fingerprint density at radius 3 is 3.07 bits per heavy atom. The first-order chi connectivity index (χ1) is 6.79. The lowest BCUT2D eigenvalue weighted by Crippen LogP contribution is -2.11. The Morgan fingerprint density at radius 2 is 2.43 bits per heavy atom. The summed E-state index contributed by atoms with van der Waals surface area (Å²) in [7, 11) is 0. The number of nitrogens with one attached hydrogen (secondary N) is 1. The maximum absolute atomic E-state index is 11.3. The maximum atomic E-state index is 11.3. The first-order valence-electron chi connectivity index (χ1n) is 4.97. The van der Waals surface area contributed by atoms with Gasteiger partial charge in [0, 0.05) is 12.0 Å². The second-order valence-corrected chi connectivity index (χ2v) is 4.80. The van der Waals surface area contributed by atoms with E-state index in [2.05, 4.69) is 16.9 Å². The van der Waals surface area contributed by atoms with Gasteiger partial charge in [0.25, 0.3) is 5.56 Å². The van der Waals surface area contributed by atoms with Crippen LogP contribution in [0.3, 0.4) is 0 Å². The molecule has 1 aliphatic carbocycles. The summed E-state index contributed by atoms with van der Waals surface area (Å²) >= 11 is 1.78. The van der Waals surface area contributed by atoms with Gasteiger partial charge in [-0.15, -0.1) is 0 Å². The van der Waals surface area contributed by atoms with Gasteiger partial charge in [0.15, 0.2) is 0 Å². The van der Waals surface area contributed by atoms with Crippen molar-refractivity contribution < 1.29 is 0 Å². The van der Waals surface area contributed by atoms with Crippen molar-refractivity contribution in [1.82, 2.24) is 9.97 Å². The fourth-order valence-electron chi connectivity index (χ4n) is 1.38. The molecule has 0 amide bonds. The highest BCUT2D eigenvalue weighted by Gasteiger charge is 2.25. The molecule has 1 saturated carbocycles. The maximum Gasteiger partial charge on any atom is 0.251 e. The van der Waals surface area contributed by atoms with E-state index in [4.69, 9.17) is 0 Å². The van der Waals surface area contributed by atoms with Gasteiger partial charge in [-0.25, -0.2) is 4.98 Å². The van der Waals surface area contributed by atoms with E-state index in [1.165, 1.54) is 12.8 Å². The largest absolute Gasteiger partial charge is 0.310 e. The molecular weight excluding hydrogens is 196 g/mol. The highest BCUT2D eigenvalue weighted by atomic mass is 32.2. The highest BCUT2D eigenvalue weighted by Crippen LogP contribution is 2.38. The third-order valence-corrected chi connectivity index (χ3v) is 3.13. The SMILES string of the molecule is CCSCc1nc(C2CC2)cc(=O)[nH]1. The molecule has 0 spiro atoms. The minimum atomic E-state index is -0.00592. The van der Waals surface area contributed by atoms with E-state index in [1.807, 2.05) is 0 Å². The Labute approximate surface area is 87.3 Å². The Balaban J connectivity index is 2.18. The van der Waals surface area contributed by atoms with Crippen LogP contribution >= 0.6 is 11.8 Å². The molecule has 14 heavy (non-hydrogen) atoms. The molecule has 0 atom stereocenters. The van der Waals surface area contributed by atoms with Crippen molar-refractivity contribution >= 4 is 11.8 Å². The molecule has 0 aliphatic heterocycles. The van der Waals surface area contributed by atoms with Gasteiger partial charge < -0.3 is 4.98 Å². The molecule has 1 fully saturated rings. The second-order valence-electron chi connectivity index (χ2n) is 3.53. The van der Waals surface area contributed by atoms with E-state index >= 15 is 0 Å². The van der Waals surface area contributed by atoms with Gasteiger partial charge in [0.2, 0.25) is 0 Å². The third kappa shape index (κ3) is 2.38. The van der Waals surface area contributed by atoms with Gasteiger partial charge in [-0.1, -0.05) is 6.92 Å². The van der Waals surface area contributed by atoms with Crippen molar-refractivity contribution in [2.45, 2.75) is 31.4 Å². The summed E-state index contributed by atoms with van der Waals surface area (Å²) < 4.78 is 0. The van der Waals surface area contributed by atoms with Crippen LogP contribution in [-0.4, -0.2) is 15.7 Å². The summed E-state index contributed by atoms with van der Waals surface area (Å²) in [4.78, 5) is 18.5. The van der Waals surface area contributed by atoms with Crippen LogP contribution in [0.5, 0.6) is 0 Å². The molecular formula is C10H14N2OS. The van der Waals surface area contributed by atoms with E-state index in [0.29, 0.717) is 5.92 Å². The summed E-state index contributed by atoms with van der Waals surface area (Å²) in [6.45, 7) is 2.10. The number of rotatable bonds is 4. The van der Waals surface area contributed by atoms with Gasteiger partial charge in [0.05, 0.1) is 11.4 Å². The molecule has 3 nitrogen and oxygen atoms in total. The van der Waals surface area contributed by atoms with E-state index in [1.54, 1.807) is 17.8 Å². The van der Waals surface area contributed by atoms with Crippen LogP contribution in [0.1, 0.15) is 37.2 Å². The van der Waals surface area contributed by atoms with Crippen LogP contribution in [-0.2, 0) is 5.75 Å². The number of hydrogen-bond donors (Lipinski definition) is 1. The van der Waals surface area contributed by atoms with E-state index in [0.717, 1.165) is 23.0 Å². The fourth-order valence-corrected chi connectivity index (χ4v) is 1.92. The molecule has 76 valence electrons. The third-order valence-electron chi connectivity index (χ3n) is 2.25. The van der Waals surface area contributed by atoms with Crippen LogP contribution in [0.15, 0.2) is 10.9 Å². The summed E-state index contributed by atoms with van der Waals surface area (Å²) in [6, 6.07) is 1.64. The Morgan fingerprint density at radius 1 is 1.64 bits per heavy atom. The van der Waals surface area contributed by atoms with Crippen molar-refractivity contribution in [3.63, 3.8) is 0 Å². The van der Waals surface area contributed by atoms with Crippen LogP contribution in [0.4, 0.5) is 0 Å². The summed E-state index contributed by atoms with van der Waals surface area (Å²) in [5, 5.41) is 0. The van der Waals surface area contributed by atoms with Gasteiger partial charge in [-0.2, -0.15) is 11.8 Å². The van der Waals surface area contributed by atoms with Crippen LogP contribution in [0, 0.1) is 0 Å². The molecule has 1 aliphatic rings. The number of nitrogens with zero attached hydrogens (tertiary/aromatic N) is 1. The quantitative estimate of drug-likeness (QED) is 0.825.